The molecule has 0 amide bonds. The number of nitrogens with one attached hydrogen (secondary N) is 1. The molecule has 0 aliphatic rings. The lowest BCUT2D eigenvalue weighted by Gasteiger charge is -2.12. The molecule has 0 aromatic heterocycles. The number of hydrogen-bond acceptors (Lipinski definition) is 4. The van der Waals surface area contributed by atoms with Gasteiger partial charge in [0, 0.05) is 24.1 Å². The highest BCUT2D eigenvalue weighted by Crippen LogP contribution is 2.30. The molecule has 3 nitrogen and oxygen atoms in total. The normalized spacial score (nSPS) is 11.4. The van der Waals surface area contributed by atoms with Crippen molar-refractivity contribution >= 4 is 23.1 Å². The summed E-state index contributed by atoms with van der Waals surface area (Å²) >= 11 is -0.0444. The quantitative estimate of drug-likeness (QED) is 0.594. The Labute approximate surface area is 114 Å². The second-order valence-electron chi connectivity index (χ2n) is 3.82. The average Bonchev–Trinajstić information content (AvgIpc) is 2.33. The van der Waals surface area contributed by atoms with Crippen LogP contribution in [0.1, 0.15) is 13.3 Å². The predicted octanol–water partition coefficient (Wildman–Crippen LogP) is 3.72. The van der Waals surface area contributed by atoms with Crippen molar-refractivity contribution in [2.75, 3.05) is 30.0 Å². The molecule has 1 rings (SSSR count). The van der Waals surface area contributed by atoms with Gasteiger partial charge in [-0.2, -0.15) is 13.2 Å². The maximum Gasteiger partial charge on any atom is 0.441 e. The highest BCUT2D eigenvalue weighted by Gasteiger charge is 2.27. The van der Waals surface area contributed by atoms with Gasteiger partial charge < -0.3 is 15.8 Å². The number of alkyl halides is 3. The number of ether oxygens (including phenoxy) is 1. The Hall–Kier alpha value is -1.24. The molecule has 19 heavy (non-hydrogen) atoms. The smallest absolute Gasteiger partial charge is 0.441 e. The second kappa shape index (κ2) is 7.37. The fourth-order valence-electron chi connectivity index (χ4n) is 1.34. The standard InChI is InChI=1S/C12H17F3N2OS/c1-2-6-18-11-8-9(3-4-10(11)16)17-5-7-19-12(13,14)15/h3-4,8,17H,2,5-7,16H2,1H3. The Morgan fingerprint density at radius 1 is 1.37 bits per heavy atom. The number of nitrogens with two attached hydrogens (primary N) is 1. The van der Waals surface area contributed by atoms with Crippen molar-refractivity contribution in [1.82, 2.24) is 0 Å². The summed E-state index contributed by atoms with van der Waals surface area (Å²) in [5.74, 6) is 0.509. The first-order valence-corrected chi connectivity index (χ1v) is 6.88. The van der Waals surface area contributed by atoms with Crippen LogP contribution >= 0.6 is 11.8 Å². The lowest BCUT2D eigenvalue weighted by atomic mass is 10.2. The van der Waals surface area contributed by atoms with Crippen LogP contribution in [0.15, 0.2) is 18.2 Å². The van der Waals surface area contributed by atoms with Crippen LogP contribution in [0, 0.1) is 0 Å². The Kier molecular flexibility index (Phi) is 6.14. The van der Waals surface area contributed by atoms with Crippen molar-refractivity contribution in [3.05, 3.63) is 18.2 Å². The number of hydrogen-bond donors (Lipinski definition) is 2. The third-order valence-corrected chi connectivity index (χ3v) is 2.91. The van der Waals surface area contributed by atoms with Crippen LogP contribution in [0.3, 0.4) is 0 Å². The molecule has 3 N–H and O–H groups in total. The van der Waals surface area contributed by atoms with Gasteiger partial charge in [0.2, 0.25) is 0 Å². The minimum atomic E-state index is -4.18. The van der Waals surface area contributed by atoms with Gasteiger partial charge in [0.1, 0.15) is 5.75 Å². The number of benzene rings is 1. The van der Waals surface area contributed by atoms with Crippen LogP contribution in [-0.2, 0) is 0 Å². The molecule has 7 heteroatoms. The van der Waals surface area contributed by atoms with E-state index in [1.165, 1.54) is 0 Å². The first kappa shape index (κ1) is 15.8. The monoisotopic (exact) mass is 294 g/mol. The molecule has 1 aromatic carbocycles. The Morgan fingerprint density at radius 2 is 2.11 bits per heavy atom. The molecule has 0 saturated carbocycles. The van der Waals surface area contributed by atoms with Gasteiger partial charge in [-0.3, -0.25) is 0 Å². The maximum atomic E-state index is 11.9. The van der Waals surface area contributed by atoms with E-state index in [9.17, 15) is 13.2 Å². The van der Waals surface area contributed by atoms with Gasteiger partial charge in [-0.25, -0.2) is 0 Å². The first-order valence-electron chi connectivity index (χ1n) is 5.89. The van der Waals surface area contributed by atoms with Gasteiger partial charge in [-0.05, 0) is 30.3 Å². The fraction of sp³-hybridized carbons (Fsp3) is 0.500. The van der Waals surface area contributed by atoms with Gasteiger partial charge in [0.15, 0.2) is 0 Å². The number of nitrogen functional groups attached to an aromatic ring is 1. The average molecular weight is 294 g/mol. The molecule has 108 valence electrons. The van der Waals surface area contributed by atoms with E-state index in [0.29, 0.717) is 23.7 Å². The van der Waals surface area contributed by atoms with Crippen LogP contribution < -0.4 is 15.8 Å². The Morgan fingerprint density at radius 3 is 2.74 bits per heavy atom. The van der Waals surface area contributed by atoms with E-state index >= 15 is 0 Å². The fourth-order valence-corrected chi connectivity index (χ4v) is 1.78. The lowest BCUT2D eigenvalue weighted by Crippen LogP contribution is -2.09. The molecule has 0 radical (unpaired) electrons. The molecule has 0 spiro atoms. The molecule has 0 unspecified atom stereocenters. The largest absolute Gasteiger partial charge is 0.491 e. The lowest BCUT2D eigenvalue weighted by molar-refractivity contribution is -0.0327. The minimum Gasteiger partial charge on any atom is -0.491 e. The number of halogens is 3. The van der Waals surface area contributed by atoms with Gasteiger partial charge >= 0.3 is 5.51 Å². The van der Waals surface area contributed by atoms with Crippen LogP contribution in [-0.4, -0.2) is 24.4 Å². The van der Waals surface area contributed by atoms with Crippen molar-refractivity contribution in [1.29, 1.82) is 0 Å². The summed E-state index contributed by atoms with van der Waals surface area (Å²) in [6, 6.07) is 5.08. The van der Waals surface area contributed by atoms with Crippen molar-refractivity contribution in [2.45, 2.75) is 18.9 Å². The molecule has 0 atom stereocenters. The molecular formula is C12H17F3N2OS. The summed E-state index contributed by atoms with van der Waals surface area (Å²) in [4.78, 5) is 0. The molecular weight excluding hydrogens is 277 g/mol. The van der Waals surface area contributed by atoms with E-state index in [2.05, 4.69) is 5.32 Å². The summed E-state index contributed by atoms with van der Waals surface area (Å²) < 4.78 is 41.2. The number of thioether (sulfide) groups is 1. The molecule has 1 aromatic rings. The molecule has 0 bridgehead atoms. The minimum absolute atomic E-state index is 0.0426. The van der Waals surface area contributed by atoms with Gasteiger partial charge in [-0.1, -0.05) is 6.92 Å². The van der Waals surface area contributed by atoms with Crippen LogP contribution in [0.4, 0.5) is 24.5 Å². The van der Waals surface area contributed by atoms with E-state index in [1.807, 2.05) is 6.92 Å². The highest BCUT2D eigenvalue weighted by atomic mass is 32.2. The van der Waals surface area contributed by atoms with Crippen molar-refractivity contribution in [2.24, 2.45) is 0 Å². The Balaban J connectivity index is 2.45. The molecule has 0 aliphatic carbocycles. The van der Waals surface area contributed by atoms with E-state index in [0.717, 1.165) is 6.42 Å². The molecule has 0 fully saturated rings. The van der Waals surface area contributed by atoms with Crippen LogP contribution in [0.2, 0.25) is 0 Å². The number of rotatable bonds is 7. The second-order valence-corrected chi connectivity index (χ2v) is 4.98. The highest BCUT2D eigenvalue weighted by molar-refractivity contribution is 8.00. The van der Waals surface area contributed by atoms with Gasteiger partial charge in [0.25, 0.3) is 0 Å². The summed E-state index contributed by atoms with van der Waals surface area (Å²) in [7, 11) is 0. The van der Waals surface area contributed by atoms with Gasteiger partial charge in [-0.15, -0.1) is 0 Å². The number of anilines is 2. The van der Waals surface area contributed by atoms with Crippen molar-refractivity contribution in [3.8, 4) is 5.75 Å². The van der Waals surface area contributed by atoms with Crippen molar-refractivity contribution in [3.63, 3.8) is 0 Å². The zero-order valence-corrected chi connectivity index (χ0v) is 11.4. The predicted molar refractivity (Wildman–Crippen MR) is 73.6 cm³/mol. The summed E-state index contributed by atoms with van der Waals surface area (Å²) in [5.41, 5.74) is 2.77. The zero-order valence-electron chi connectivity index (χ0n) is 10.6. The maximum absolute atomic E-state index is 11.9. The first-order chi connectivity index (χ1) is 8.92. The summed E-state index contributed by atoms with van der Waals surface area (Å²) in [6.45, 7) is 2.76. The summed E-state index contributed by atoms with van der Waals surface area (Å²) in [6.07, 6.45) is 0.860. The van der Waals surface area contributed by atoms with E-state index in [1.54, 1.807) is 18.2 Å². The SMILES string of the molecule is CCCOc1cc(NCCSC(F)(F)F)ccc1N. The van der Waals surface area contributed by atoms with Crippen LogP contribution in [0.25, 0.3) is 0 Å². The molecule has 0 saturated heterocycles. The van der Waals surface area contributed by atoms with Gasteiger partial charge in [0.05, 0.1) is 12.3 Å². The molecule has 0 heterocycles. The topological polar surface area (TPSA) is 47.3 Å². The zero-order chi connectivity index (χ0) is 14.3. The molecule has 0 aliphatic heterocycles. The third-order valence-electron chi connectivity index (χ3n) is 2.17. The Bertz CT molecular complexity index is 399. The van der Waals surface area contributed by atoms with E-state index in [-0.39, 0.29) is 24.1 Å². The van der Waals surface area contributed by atoms with Crippen LogP contribution in [0.5, 0.6) is 5.75 Å². The van der Waals surface area contributed by atoms with E-state index < -0.39 is 5.51 Å². The summed E-state index contributed by atoms with van der Waals surface area (Å²) in [5, 5.41) is 2.90. The third kappa shape index (κ3) is 6.47. The van der Waals surface area contributed by atoms with E-state index in [4.69, 9.17) is 10.5 Å². The van der Waals surface area contributed by atoms with Crippen molar-refractivity contribution < 1.29 is 17.9 Å².